The number of alkyl halides is 3. The highest BCUT2D eigenvalue weighted by Gasteiger charge is 2.38. The Morgan fingerprint density at radius 1 is 1.21 bits per heavy atom. The van der Waals surface area contributed by atoms with E-state index >= 15 is 0 Å². The molecule has 7 heteroatoms. The number of carbonyl (C=O) groups is 1. The number of carbonyl (C=O) groups excluding carboxylic acids is 1. The van der Waals surface area contributed by atoms with Gasteiger partial charge in [-0.1, -0.05) is 6.07 Å². The molecule has 104 valence electrons. The van der Waals surface area contributed by atoms with Gasteiger partial charge in [0.05, 0.1) is 10.5 Å². The van der Waals surface area contributed by atoms with E-state index in [0.29, 0.717) is 12.5 Å². The summed E-state index contributed by atoms with van der Waals surface area (Å²) < 4.78 is 61.9. The molecule has 0 bridgehead atoms. The molecule has 1 saturated carbocycles. The number of hydrogen-bond donors (Lipinski definition) is 0. The monoisotopic (exact) mass is 292 g/mol. The van der Waals surface area contributed by atoms with Gasteiger partial charge in [-0.2, -0.15) is 13.2 Å². The summed E-state index contributed by atoms with van der Waals surface area (Å²) in [6.45, 7) is 0. The van der Waals surface area contributed by atoms with E-state index in [1.807, 2.05) is 0 Å². The van der Waals surface area contributed by atoms with Crippen LogP contribution in [0.5, 0.6) is 0 Å². The van der Waals surface area contributed by atoms with Crippen molar-refractivity contribution >= 4 is 15.6 Å². The van der Waals surface area contributed by atoms with Crippen LogP contribution in [0.15, 0.2) is 29.2 Å². The van der Waals surface area contributed by atoms with E-state index in [-0.39, 0.29) is 12.8 Å². The number of rotatable bonds is 2. The highest BCUT2D eigenvalue weighted by atomic mass is 32.2. The lowest BCUT2D eigenvalue weighted by atomic mass is 10.2. The first-order valence-corrected chi connectivity index (χ1v) is 7.21. The minimum Gasteiger partial charge on any atom is -0.298 e. The Hall–Kier alpha value is -1.37. The summed E-state index contributed by atoms with van der Waals surface area (Å²) in [7, 11) is -4.02. The third-order valence-corrected chi connectivity index (χ3v) is 5.27. The Bertz CT molecular complexity index is 605. The SMILES string of the molecule is O=C1CCCC1S(=O)(=O)c1cccc(C(F)(F)F)c1. The molecule has 0 aliphatic heterocycles. The first-order valence-electron chi connectivity index (χ1n) is 5.67. The van der Waals surface area contributed by atoms with E-state index in [0.717, 1.165) is 18.2 Å². The molecule has 0 saturated heterocycles. The van der Waals surface area contributed by atoms with Crippen molar-refractivity contribution in [3.8, 4) is 0 Å². The van der Waals surface area contributed by atoms with Crippen LogP contribution in [0.2, 0.25) is 0 Å². The van der Waals surface area contributed by atoms with E-state index in [1.165, 1.54) is 0 Å². The quantitative estimate of drug-likeness (QED) is 0.842. The molecule has 1 unspecified atom stereocenters. The number of Topliss-reactive ketones (excluding diaryl/α,β-unsaturated/α-hetero) is 1. The van der Waals surface area contributed by atoms with Crippen LogP contribution in [0, 0.1) is 0 Å². The van der Waals surface area contributed by atoms with Crippen LogP contribution >= 0.6 is 0 Å². The molecule has 19 heavy (non-hydrogen) atoms. The molecule has 0 N–H and O–H groups in total. The van der Waals surface area contributed by atoms with Gasteiger partial charge < -0.3 is 0 Å². The molecular formula is C12H11F3O3S. The van der Waals surface area contributed by atoms with Crippen molar-refractivity contribution in [3.63, 3.8) is 0 Å². The lowest BCUT2D eigenvalue weighted by molar-refractivity contribution is -0.137. The number of hydrogen-bond acceptors (Lipinski definition) is 3. The second-order valence-electron chi connectivity index (χ2n) is 4.42. The third-order valence-electron chi connectivity index (χ3n) is 3.11. The van der Waals surface area contributed by atoms with Crippen LogP contribution < -0.4 is 0 Å². The molecule has 1 fully saturated rings. The summed E-state index contributed by atoms with van der Waals surface area (Å²) in [5, 5.41) is -1.20. The molecule has 1 aromatic carbocycles. The largest absolute Gasteiger partial charge is 0.416 e. The summed E-state index contributed by atoms with van der Waals surface area (Å²) >= 11 is 0. The topological polar surface area (TPSA) is 51.2 Å². The number of halogens is 3. The Balaban J connectivity index is 2.44. The average molecular weight is 292 g/mol. The van der Waals surface area contributed by atoms with Crippen LogP contribution in [-0.4, -0.2) is 19.5 Å². The second kappa shape index (κ2) is 4.63. The minimum absolute atomic E-state index is 0.170. The van der Waals surface area contributed by atoms with E-state index in [1.54, 1.807) is 0 Å². The average Bonchev–Trinajstić information content (AvgIpc) is 2.75. The normalized spacial score (nSPS) is 20.8. The van der Waals surface area contributed by atoms with E-state index in [9.17, 15) is 26.4 Å². The number of sulfone groups is 1. The molecule has 0 amide bonds. The number of benzene rings is 1. The van der Waals surface area contributed by atoms with Gasteiger partial charge in [-0.05, 0) is 31.0 Å². The molecule has 0 aromatic heterocycles. The highest BCUT2D eigenvalue weighted by Crippen LogP contribution is 2.33. The summed E-state index contributed by atoms with van der Waals surface area (Å²) in [6, 6.07) is 3.52. The zero-order chi connectivity index (χ0) is 14.3. The maximum atomic E-state index is 12.5. The Morgan fingerprint density at radius 3 is 2.42 bits per heavy atom. The molecule has 1 aromatic rings. The molecule has 1 aliphatic rings. The molecule has 3 nitrogen and oxygen atoms in total. The minimum atomic E-state index is -4.61. The first-order chi connectivity index (χ1) is 8.73. The van der Waals surface area contributed by atoms with Crippen LogP contribution in [0.4, 0.5) is 13.2 Å². The van der Waals surface area contributed by atoms with Crippen LogP contribution in [0.1, 0.15) is 24.8 Å². The second-order valence-corrected chi connectivity index (χ2v) is 6.55. The van der Waals surface area contributed by atoms with Gasteiger partial charge >= 0.3 is 6.18 Å². The first kappa shape index (κ1) is 14.0. The van der Waals surface area contributed by atoms with Crippen molar-refractivity contribution in [1.29, 1.82) is 0 Å². The van der Waals surface area contributed by atoms with Crippen LogP contribution in [-0.2, 0) is 20.8 Å². The molecular weight excluding hydrogens is 281 g/mol. The van der Waals surface area contributed by atoms with Crippen molar-refractivity contribution in [2.45, 2.75) is 35.6 Å². The van der Waals surface area contributed by atoms with Gasteiger partial charge in [-0.25, -0.2) is 8.42 Å². The van der Waals surface area contributed by atoms with E-state index in [4.69, 9.17) is 0 Å². The lowest BCUT2D eigenvalue weighted by Gasteiger charge is -2.12. The lowest BCUT2D eigenvalue weighted by Crippen LogP contribution is -2.25. The Kier molecular flexibility index (Phi) is 3.42. The fourth-order valence-electron chi connectivity index (χ4n) is 2.13. The molecule has 2 rings (SSSR count). The zero-order valence-corrected chi connectivity index (χ0v) is 10.6. The molecule has 1 aliphatic carbocycles. The van der Waals surface area contributed by atoms with E-state index in [2.05, 4.69) is 0 Å². The summed E-state index contributed by atoms with van der Waals surface area (Å²) in [4.78, 5) is 11.0. The van der Waals surface area contributed by atoms with Crippen molar-refractivity contribution in [2.24, 2.45) is 0 Å². The maximum absolute atomic E-state index is 12.5. The highest BCUT2D eigenvalue weighted by molar-refractivity contribution is 7.92. The Morgan fingerprint density at radius 2 is 1.89 bits per heavy atom. The predicted molar refractivity (Wildman–Crippen MR) is 61.3 cm³/mol. The fourth-order valence-corrected chi connectivity index (χ4v) is 3.95. The van der Waals surface area contributed by atoms with Gasteiger partial charge in [0.1, 0.15) is 5.25 Å². The zero-order valence-electron chi connectivity index (χ0n) is 9.77. The van der Waals surface area contributed by atoms with Crippen molar-refractivity contribution < 1.29 is 26.4 Å². The van der Waals surface area contributed by atoms with Crippen molar-refractivity contribution in [2.75, 3.05) is 0 Å². The molecule has 1 atom stereocenters. The maximum Gasteiger partial charge on any atom is 0.416 e. The van der Waals surface area contributed by atoms with E-state index < -0.39 is 37.5 Å². The molecule has 0 heterocycles. The third kappa shape index (κ3) is 2.65. The molecule has 0 radical (unpaired) electrons. The van der Waals surface area contributed by atoms with Gasteiger partial charge in [0.2, 0.25) is 0 Å². The summed E-state index contributed by atoms with van der Waals surface area (Å²) in [5.41, 5.74) is -1.03. The van der Waals surface area contributed by atoms with Gasteiger partial charge in [0.15, 0.2) is 15.6 Å². The van der Waals surface area contributed by atoms with Gasteiger partial charge in [-0.15, -0.1) is 0 Å². The van der Waals surface area contributed by atoms with Crippen molar-refractivity contribution in [1.82, 2.24) is 0 Å². The van der Waals surface area contributed by atoms with Gasteiger partial charge in [0.25, 0.3) is 0 Å². The molecule has 0 spiro atoms. The van der Waals surface area contributed by atoms with Crippen molar-refractivity contribution in [3.05, 3.63) is 29.8 Å². The summed E-state index contributed by atoms with van der Waals surface area (Å²) in [5.74, 6) is -0.419. The number of ketones is 1. The van der Waals surface area contributed by atoms with Gasteiger partial charge in [-0.3, -0.25) is 4.79 Å². The Labute approximate surface area is 108 Å². The van der Waals surface area contributed by atoms with Gasteiger partial charge in [0, 0.05) is 6.42 Å². The standard InChI is InChI=1S/C12H11F3O3S/c13-12(14,15)8-3-1-4-9(7-8)19(17,18)11-6-2-5-10(11)16/h1,3-4,7,11H,2,5-6H2. The summed E-state index contributed by atoms with van der Waals surface area (Å²) in [6.07, 6.45) is -3.80. The van der Waals surface area contributed by atoms with Crippen LogP contribution in [0.25, 0.3) is 0 Å². The fraction of sp³-hybridized carbons (Fsp3) is 0.417. The predicted octanol–water partition coefficient (Wildman–Crippen LogP) is 2.60. The smallest absolute Gasteiger partial charge is 0.298 e. The van der Waals surface area contributed by atoms with Crippen LogP contribution in [0.3, 0.4) is 0 Å².